The van der Waals surface area contributed by atoms with E-state index in [2.05, 4.69) is 10.0 Å². The highest BCUT2D eigenvalue weighted by Crippen LogP contribution is 2.22. The van der Waals surface area contributed by atoms with Crippen molar-refractivity contribution < 1.29 is 13.2 Å². The Balaban J connectivity index is 2.17. The molecule has 0 fully saturated rings. The molecule has 5 nitrogen and oxygen atoms in total. The SMILES string of the molecule is CC(=O)Nc1cccc(C(C)NS(=O)(=O)c2cccs2)c1. The smallest absolute Gasteiger partial charge is 0.250 e. The van der Waals surface area contributed by atoms with Crippen molar-refractivity contribution in [3.8, 4) is 0 Å². The minimum absolute atomic E-state index is 0.168. The molecule has 0 aliphatic carbocycles. The van der Waals surface area contributed by atoms with Crippen molar-refractivity contribution in [1.29, 1.82) is 0 Å². The number of benzene rings is 1. The summed E-state index contributed by atoms with van der Waals surface area (Å²) in [6.45, 7) is 3.19. The number of amides is 1. The maximum Gasteiger partial charge on any atom is 0.250 e. The van der Waals surface area contributed by atoms with Gasteiger partial charge in [-0.3, -0.25) is 4.79 Å². The Labute approximate surface area is 128 Å². The van der Waals surface area contributed by atoms with Gasteiger partial charge in [-0.25, -0.2) is 13.1 Å². The summed E-state index contributed by atoms with van der Waals surface area (Å²) >= 11 is 1.17. The highest BCUT2D eigenvalue weighted by Gasteiger charge is 2.19. The van der Waals surface area contributed by atoms with Gasteiger partial charge in [-0.1, -0.05) is 18.2 Å². The molecule has 0 saturated carbocycles. The van der Waals surface area contributed by atoms with Crippen molar-refractivity contribution >= 4 is 33.0 Å². The number of hydrogen-bond donors (Lipinski definition) is 2. The molecule has 1 amide bonds. The zero-order valence-corrected chi connectivity index (χ0v) is 13.3. The molecule has 1 aromatic carbocycles. The van der Waals surface area contributed by atoms with Crippen LogP contribution in [0.2, 0.25) is 0 Å². The standard InChI is InChI=1S/C14H16N2O3S2/c1-10(16-21(18,19)14-7-4-8-20-14)12-5-3-6-13(9-12)15-11(2)17/h3-10,16H,1-2H3,(H,15,17). The fraction of sp³-hybridized carbons (Fsp3) is 0.214. The summed E-state index contributed by atoms with van der Waals surface area (Å²) in [5.41, 5.74) is 1.42. The van der Waals surface area contributed by atoms with Crippen molar-refractivity contribution in [1.82, 2.24) is 4.72 Å². The van der Waals surface area contributed by atoms with Crippen LogP contribution in [0.25, 0.3) is 0 Å². The lowest BCUT2D eigenvalue weighted by molar-refractivity contribution is -0.114. The second kappa shape index (κ2) is 6.38. The summed E-state index contributed by atoms with van der Waals surface area (Å²) in [5.74, 6) is -0.168. The molecule has 0 aliphatic heterocycles. The number of carbonyl (C=O) groups is 1. The van der Waals surface area contributed by atoms with Crippen LogP contribution in [0.5, 0.6) is 0 Å². The molecule has 0 radical (unpaired) electrons. The van der Waals surface area contributed by atoms with E-state index in [1.165, 1.54) is 18.3 Å². The summed E-state index contributed by atoms with van der Waals surface area (Å²) < 4.78 is 27.2. The van der Waals surface area contributed by atoms with E-state index in [0.29, 0.717) is 5.69 Å². The molecule has 112 valence electrons. The van der Waals surface area contributed by atoms with Crippen LogP contribution >= 0.6 is 11.3 Å². The van der Waals surface area contributed by atoms with Gasteiger partial charge in [-0.2, -0.15) is 0 Å². The normalized spacial score (nSPS) is 12.9. The zero-order chi connectivity index (χ0) is 15.5. The number of carbonyl (C=O) groups excluding carboxylic acids is 1. The number of anilines is 1. The fourth-order valence-corrected chi connectivity index (χ4v) is 4.11. The maximum absolute atomic E-state index is 12.2. The number of sulfonamides is 1. The predicted octanol–water partition coefficient (Wildman–Crippen LogP) is 2.75. The first-order valence-electron chi connectivity index (χ1n) is 6.32. The zero-order valence-electron chi connectivity index (χ0n) is 11.7. The minimum Gasteiger partial charge on any atom is -0.326 e. The van der Waals surface area contributed by atoms with E-state index >= 15 is 0 Å². The molecule has 1 atom stereocenters. The average molecular weight is 324 g/mol. The third kappa shape index (κ3) is 4.13. The molecule has 0 saturated heterocycles. The van der Waals surface area contributed by atoms with Gasteiger partial charge >= 0.3 is 0 Å². The predicted molar refractivity (Wildman–Crippen MR) is 83.8 cm³/mol. The molecule has 2 rings (SSSR count). The Morgan fingerprint density at radius 1 is 1.24 bits per heavy atom. The van der Waals surface area contributed by atoms with E-state index in [9.17, 15) is 13.2 Å². The van der Waals surface area contributed by atoms with Crippen LogP contribution < -0.4 is 10.0 Å². The van der Waals surface area contributed by atoms with E-state index < -0.39 is 16.1 Å². The van der Waals surface area contributed by atoms with E-state index in [1.54, 1.807) is 42.6 Å². The van der Waals surface area contributed by atoms with Crippen molar-refractivity contribution in [2.24, 2.45) is 0 Å². The monoisotopic (exact) mass is 324 g/mol. The van der Waals surface area contributed by atoms with Crippen molar-refractivity contribution in [2.45, 2.75) is 24.1 Å². The van der Waals surface area contributed by atoms with E-state index in [1.807, 2.05) is 6.07 Å². The second-order valence-corrected chi connectivity index (χ2v) is 7.47. The van der Waals surface area contributed by atoms with Crippen LogP contribution in [-0.4, -0.2) is 14.3 Å². The van der Waals surface area contributed by atoms with Crippen molar-refractivity contribution in [3.63, 3.8) is 0 Å². The van der Waals surface area contributed by atoms with Crippen LogP contribution in [0, 0.1) is 0 Å². The van der Waals surface area contributed by atoms with E-state index in [0.717, 1.165) is 5.56 Å². The third-order valence-electron chi connectivity index (χ3n) is 2.80. The molecule has 21 heavy (non-hydrogen) atoms. The summed E-state index contributed by atoms with van der Waals surface area (Å²) in [6, 6.07) is 9.96. The van der Waals surface area contributed by atoms with Gasteiger partial charge in [0.1, 0.15) is 4.21 Å². The summed E-state index contributed by atoms with van der Waals surface area (Å²) in [6.07, 6.45) is 0. The van der Waals surface area contributed by atoms with Gasteiger partial charge in [0.2, 0.25) is 5.91 Å². The first-order valence-corrected chi connectivity index (χ1v) is 8.68. The van der Waals surface area contributed by atoms with Gasteiger partial charge in [-0.15, -0.1) is 11.3 Å². The Morgan fingerprint density at radius 3 is 2.62 bits per heavy atom. The number of hydrogen-bond acceptors (Lipinski definition) is 4. The van der Waals surface area contributed by atoms with Gasteiger partial charge in [0.25, 0.3) is 10.0 Å². The molecular weight excluding hydrogens is 308 g/mol. The Bertz CT molecular complexity index is 724. The Hall–Kier alpha value is -1.70. The van der Waals surface area contributed by atoms with Crippen LogP contribution in [-0.2, 0) is 14.8 Å². The molecule has 1 unspecified atom stereocenters. The van der Waals surface area contributed by atoms with Crippen molar-refractivity contribution in [3.05, 3.63) is 47.3 Å². The van der Waals surface area contributed by atoms with Gasteiger partial charge in [0, 0.05) is 18.7 Å². The molecule has 1 aromatic heterocycles. The summed E-state index contributed by atoms with van der Waals surface area (Å²) in [4.78, 5) is 11.1. The van der Waals surface area contributed by atoms with E-state index in [4.69, 9.17) is 0 Å². The number of thiophene rings is 1. The molecule has 7 heteroatoms. The lowest BCUT2D eigenvalue weighted by Gasteiger charge is -2.15. The molecule has 0 spiro atoms. The van der Waals surface area contributed by atoms with Gasteiger partial charge in [0.15, 0.2) is 0 Å². The molecule has 1 heterocycles. The van der Waals surface area contributed by atoms with Gasteiger partial charge < -0.3 is 5.32 Å². The highest BCUT2D eigenvalue weighted by molar-refractivity contribution is 7.91. The van der Waals surface area contributed by atoms with Crippen molar-refractivity contribution in [2.75, 3.05) is 5.32 Å². The second-order valence-electron chi connectivity index (χ2n) is 4.58. The van der Waals surface area contributed by atoms with Crippen LogP contribution in [0.3, 0.4) is 0 Å². The van der Waals surface area contributed by atoms with E-state index in [-0.39, 0.29) is 10.1 Å². The minimum atomic E-state index is -3.52. The summed E-state index contributed by atoms with van der Waals surface area (Å²) in [5, 5.41) is 4.40. The Morgan fingerprint density at radius 2 is 2.00 bits per heavy atom. The molecule has 2 N–H and O–H groups in total. The lowest BCUT2D eigenvalue weighted by Crippen LogP contribution is -2.26. The average Bonchev–Trinajstić information content (AvgIpc) is 2.92. The third-order valence-corrected chi connectivity index (χ3v) is 5.74. The molecule has 0 bridgehead atoms. The Kier molecular flexibility index (Phi) is 4.76. The number of rotatable bonds is 5. The summed E-state index contributed by atoms with van der Waals surface area (Å²) in [7, 11) is -3.52. The first-order chi connectivity index (χ1) is 9.88. The van der Waals surface area contributed by atoms with Crippen LogP contribution in [0.4, 0.5) is 5.69 Å². The molecular formula is C14H16N2O3S2. The van der Waals surface area contributed by atoms with Gasteiger partial charge in [0.05, 0.1) is 0 Å². The quantitative estimate of drug-likeness (QED) is 0.888. The highest BCUT2D eigenvalue weighted by atomic mass is 32.2. The lowest BCUT2D eigenvalue weighted by atomic mass is 10.1. The number of nitrogens with one attached hydrogen (secondary N) is 2. The topological polar surface area (TPSA) is 75.3 Å². The fourth-order valence-electron chi connectivity index (χ4n) is 1.86. The van der Waals surface area contributed by atoms with Crippen LogP contribution in [0.15, 0.2) is 46.0 Å². The van der Waals surface area contributed by atoms with Crippen LogP contribution in [0.1, 0.15) is 25.5 Å². The molecule has 0 aliphatic rings. The largest absolute Gasteiger partial charge is 0.326 e. The first kappa shape index (κ1) is 15.7. The maximum atomic E-state index is 12.2. The van der Waals surface area contributed by atoms with Gasteiger partial charge in [-0.05, 0) is 36.1 Å². The molecule has 2 aromatic rings.